The van der Waals surface area contributed by atoms with Crippen molar-refractivity contribution in [1.29, 1.82) is 0 Å². The Morgan fingerprint density at radius 3 is 2.45 bits per heavy atom. The number of nitrogens with zero attached hydrogens (tertiary/aromatic N) is 2. The summed E-state index contributed by atoms with van der Waals surface area (Å²) in [5, 5.41) is 5.16. The van der Waals surface area contributed by atoms with Crippen molar-refractivity contribution < 1.29 is 4.79 Å². The maximum atomic E-state index is 12.5. The summed E-state index contributed by atoms with van der Waals surface area (Å²) in [5.41, 5.74) is 3.80. The Balaban J connectivity index is 1.48. The minimum absolute atomic E-state index is 0.0329. The minimum Gasteiger partial charge on any atom is -0.353 e. The lowest BCUT2D eigenvalue weighted by Crippen LogP contribution is -2.35. The molecule has 0 saturated heterocycles. The van der Waals surface area contributed by atoms with Gasteiger partial charge in [-0.15, -0.1) is 0 Å². The summed E-state index contributed by atoms with van der Waals surface area (Å²) in [7, 11) is 0. The molecule has 0 aliphatic rings. The molecule has 0 fully saturated rings. The fourth-order valence-corrected chi connectivity index (χ4v) is 4.26. The summed E-state index contributed by atoms with van der Waals surface area (Å²) in [6.07, 6.45) is 0.794. The van der Waals surface area contributed by atoms with Crippen molar-refractivity contribution >= 4 is 40.2 Å². The molecule has 1 amide bonds. The van der Waals surface area contributed by atoms with Crippen LogP contribution >= 0.6 is 23.4 Å². The number of hydrogen-bond donors (Lipinski definition) is 1. The van der Waals surface area contributed by atoms with Gasteiger partial charge in [0.25, 0.3) is 0 Å². The molecule has 1 atom stereocenters. The van der Waals surface area contributed by atoms with E-state index in [1.54, 1.807) is 0 Å². The lowest BCUT2D eigenvalue weighted by molar-refractivity contribution is -0.119. The Morgan fingerprint density at radius 2 is 1.71 bits per heavy atom. The average Bonchev–Trinajstić information content (AvgIpc) is 2.78. The fraction of sp³-hybridized carbons (Fsp3) is 0.160. The minimum atomic E-state index is -0.0329. The van der Waals surface area contributed by atoms with Crippen molar-refractivity contribution in [2.24, 2.45) is 0 Å². The van der Waals surface area contributed by atoms with E-state index < -0.39 is 0 Å². The van der Waals surface area contributed by atoms with Crippen LogP contribution in [0.25, 0.3) is 22.2 Å². The van der Waals surface area contributed by atoms with E-state index in [0.717, 1.165) is 28.6 Å². The van der Waals surface area contributed by atoms with E-state index in [1.165, 1.54) is 17.3 Å². The van der Waals surface area contributed by atoms with Gasteiger partial charge < -0.3 is 5.32 Å². The molecular weight excluding hydrogens is 426 g/mol. The van der Waals surface area contributed by atoms with Crippen LogP contribution in [0.4, 0.5) is 0 Å². The smallest absolute Gasteiger partial charge is 0.230 e. The first-order chi connectivity index (χ1) is 15.1. The van der Waals surface area contributed by atoms with Crippen LogP contribution in [0.2, 0.25) is 5.02 Å². The molecule has 1 aromatic heterocycles. The van der Waals surface area contributed by atoms with Gasteiger partial charge in [-0.2, -0.15) is 0 Å². The largest absolute Gasteiger partial charge is 0.353 e. The molecule has 0 saturated carbocycles. The molecule has 0 aliphatic carbocycles. The second-order valence-corrected chi connectivity index (χ2v) is 8.71. The summed E-state index contributed by atoms with van der Waals surface area (Å²) in [4.78, 5) is 21.9. The zero-order valence-corrected chi connectivity index (χ0v) is 18.7. The molecule has 4 aromatic rings. The van der Waals surface area contributed by atoms with E-state index in [9.17, 15) is 4.79 Å². The highest BCUT2D eigenvalue weighted by atomic mass is 35.5. The second-order valence-electron chi connectivity index (χ2n) is 7.33. The summed E-state index contributed by atoms with van der Waals surface area (Å²) in [6.45, 7) is 2.01. The topological polar surface area (TPSA) is 54.9 Å². The van der Waals surface area contributed by atoms with Crippen LogP contribution in [0.5, 0.6) is 0 Å². The molecule has 4 rings (SSSR count). The summed E-state index contributed by atoms with van der Waals surface area (Å²) in [6, 6.07) is 25.7. The fourth-order valence-electron chi connectivity index (χ4n) is 3.43. The number of thioether (sulfide) groups is 1. The van der Waals surface area contributed by atoms with Crippen LogP contribution in [0.3, 0.4) is 0 Å². The Bertz CT molecular complexity index is 1190. The summed E-state index contributed by atoms with van der Waals surface area (Å²) >= 11 is 7.55. The number of benzene rings is 3. The Morgan fingerprint density at radius 1 is 1.00 bits per heavy atom. The van der Waals surface area contributed by atoms with Gasteiger partial charge in [-0.1, -0.05) is 84.0 Å². The van der Waals surface area contributed by atoms with Gasteiger partial charge in [-0.3, -0.25) is 4.79 Å². The van der Waals surface area contributed by atoms with Gasteiger partial charge in [0.15, 0.2) is 5.16 Å². The molecule has 0 unspecified atom stereocenters. The Kier molecular flexibility index (Phi) is 6.85. The molecule has 4 nitrogen and oxygen atoms in total. The molecule has 0 aliphatic heterocycles. The average molecular weight is 448 g/mol. The van der Waals surface area contributed by atoms with Crippen molar-refractivity contribution in [2.45, 2.75) is 24.5 Å². The highest BCUT2D eigenvalue weighted by Gasteiger charge is 2.13. The summed E-state index contributed by atoms with van der Waals surface area (Å²) in [5.74, 6) is 0.224. The zero-order valence-electron chi connectivity index (χ0n) is 17.1. The maximum absolute atomic E-state index is 12.5. The number of halogens is 1. The molecule has 156 valence electrons. The highest BCUT2D eigenvalue weighted by molar-refractivity contribution is 7.99. The molecule has 1 N–H and O–H groups in total. The van der Waals surface area contributed by atoms with Gasteiger partial charge in [-0.05, 0) is 37.1 Å². The van der Waals surface area contributed by atoms with Crippen LogP contribution in [0, 0.1) is 0 Å². The first-order valence-electron chi connectivity index (χ1n) is 10.1. The first-order valence-corrected chi connectivity index (χ1v) is 11.4. The van der Waals surface area contributed by atoms with E-state index in [2.05, 4.69) is 22.4 Å². The van der Waals surface area contributed by atoms with Gasteiger partial charge in [0.1, 0.15) is 0 Å². The Hall–Kier alpha value is -2.89. The molecule has 6 heteroatoms. The van der Waals surface area contributed by atoms with Crippen molar-refractivity contribution in [3.8, 4) is 11.3 Å². The summed E-state index contributed by atoms with van der Waals surface area (Å²) < 4.78 is 0. The Labute approximate surface area is 191 Å². The zero-order chi connectivity index (χ0) is 21.6. The third-order valence-corrected chi connectivity index (χ3v) is 5.89. The number of fused-ring (bicyclic) bond motifs is 1. The van der Waals surface area contributed by atoms with Crippen LogP contribution < -0.4 is 5.32 Å². The number of carbonyl (C=O) groups excluding carboxylic acids is 1. The number of nitrogens with one attached hydrogen (secondary N) is 1. The van der Waals surface area contributed by atoms with Crippen LogP contribution in [0.15, 0.2) is 84.0 Å². The van der Waals surface area contributed by atoms with Crippen molar-refractivity contribution in [2.75, 3.05) is 5.75 Å². The SMILES string of the molecule is C[C@H](Cc1ccccc1)NC(=O)CSc1nc(-c2ccccc2)c2cc(Cl)ccc2n1. The predicted octanol–water partition coefficient (Wildman–Crippen LogP) is 5.79. The van der Waals surface area contributed by atoms with E-state index in [1.807, 2.05) is 73.7 Å². The quantitative estimate of drug-likeness (QED) is 0.288. The third kappa shape index (κ3) is 5.63. The normalized spacial score (nSPS) is 11.9. The predicted molar refractivity (Wildman–Crippen MR) is 128 cm³/mol. The maximum Gasteiger partial charge on any atom is 0.230 e. The molecule has 0 spiro atoms. The van der Waals surface area contributed by atoms with Crippen molar-refractivity contribution in [1.82, 2.24) is 15.3 Å². The lowest BCUT2D eigenvalue weighted by Gasteiger charge is -2.14. The molecule has 0 radical (unpaired) electrons. The second kappa shape index (κ2) is 9.94. The van der Waals surface area contributed by atoms with Gasteiger partial charge in [0, 0.05) is 22.0 Å². The van der Waals surface area contributed by atoms with E-state index in [-0.39, 0.29) is 17.7 Å². The van der Waals surface area contributed by atoms with Crippen molar-refractivity contribution in [3.05, 3.63) is 89.4 Å². The third-order valence-electron chi connectivity index (χ3n) is 4.81. The monoisotopic (exact) mass is 447 g/mol. The number of amides is 1. The van der Waals surface area contributed by atoms with E-state index in [4.69, 9.17) is 16.6 Å². The van der Waals surface area contributed by atoms with Crippen LogP contribution in [-0.4, -0.2) is 27.7 Å². The van der Waals surface area contributed by atoms with E-state index >= 15 is 0 Å². The van der Waals surface area contributed by atoms with E-state index in [0.29, 0.717) is 10.2 Å². The molecule has 1 heterocycles. The van der Waals surface area contributed by atoms with Gasteiger partial charge >= 0.3 is 0 Å². The molecule has 31 heavy (non-hydrogen) atoms. The van der Waals surface area contributed by atoms with Crippen LogP contribution in [-0.2, 0) is 11.2 Å². The number of carbonyl (C=O) groups is 1. The van der Waals surface area contributed by atoms with Crippen molar-refractivity contribution in [3.63, 3.8) is 0 Å². The number of aromatic nitrogens is 2. The van der Waals surface area contributed by atoms with Gasteiger partial charge in [-0.25, -0.2) is 9.97 Å². The standard InChI is InChI=1S/C25H22ClN3OS/c1-17(14-18-8-4-2-5-9-18)27-23(30)16-31-25-28-22-13-12-20(26)15-21(22)24(29-25)19-10-6-3-7-11-19/h2-13,15,17H,14,16H2,1H3,(H,27,30)/t17-/m1/s1. The first kappa shape index (κ1) is 21.3. The molecule has 3 aromatic carbocycles. The number of rotatable bonds is 7. The number of hydrogen-bond acceptors (Lipinski definition) is 4. The molecule has 0 bridgehead atoms. The molecular formula is C25H22ClN3OS. The lowest BCUT2D eigenvalue weighted by atomic mass is 10.1. The highest BCUT2D eigenvalue weighted by Crippen LogP contribution is 2.30. The van der Waals surface area contributed by atoms with Gasteiger partial charge in [0.2, 0.25) is 5.91 Å². The van der Waals surface area contributed by atoms with Crippen LogP contribution in [0.1, 0.15) is 12.5 Å². The van der Waals surface area contributed by atoms with Gasteiger partial charge in [0.05, 0.1) is 17.0 Å².